The number of anilines is 2. The number of pyridine rings is 1. The van der Waals surface area contributed by atoms with Crippen molar-refractivity contribution in [2.45, 2.75) is 24.4 Å². The maximum absolute atomic E-state index is 14.0. The molecule has 3 atom stereocenters. The summed E-state index contributed by atoms with van der Waals surface area (Å²) in [6.07, 6.45) is 2.03. The lowest BCUT2D eigenvalue weighted by Crippen LogP contribution is -2.23. The minimum Gasteiger partial charge on any atom is -0.442 e. The number of rotatable bonds is 7. The number of amides is 1. The first kappa shape index (κ1) is 25.2. The van der Waals surface area contributed by atoms with Crippen LogP contribution in [0.25, 0.3) is 11.3 Å². The van der Waals surface area contributed by atoms with Gasteiger partial charge in [0.15, 0.2) is 0 Å². The van der Waals surface area contributed by atoms with Gasteiger partial charge in [-0.2, -0.15) is 9.65 Å². The number of ether oxygens (including phenoxy) is 1. The van der Waals surface area contributed by atoms with Gasteiger partial charge in [0, 0.05) is 36.6 Å². The summed E-state index contributed by atoms with van der Waals surface area (Å²) >= 11 is 5.62. The number of carbonyl (C=O) groups is 1. The largest absolute Gasteiger partial charge is 0.442 e. The lowest BCUT2D eigenvalue weighted by atomic mass is 10.1. The fourth-order valence-corrected chi connectivity index (χ4v) is 4.00. The standard InChI is InChI=1S/C25H23ClFN5O4/c1-2-9-25(26,27)36-18-6-3-16(4-7-18)31-24(35)15-10-19(20-8-5-17(11-28)30-20)23(29-12-15)32-13-21(33)22(34)14-32/h2-10,12,21-22,30,33-34H,13-14H2,1H3,(H,31,35)/b9-2+/t21-,22-,25?/m0/s1. The van der Waals surface area contributed by atoms with Crippen LogP contribution in [0.15, 0.2) is 60.8 Å². The third-order valence-corrected chi connectivity index (χ3v) is 5.71. The van der Waals surface area contributed by atoms with Crippen LogP contribution in [0.2, 0.25) is 0 Å². The smallest absolute Gasteiger partial charge is 0.347 e. The van der Waals surface area contributed by atoms with Gasteiger partial charge in [0.05, 0.1) is 23.5 Å². The maximum Gasteiger partial charge on any atom is 0.347 e. The molecular weight excluding hydrogens is 489 g/mol. The maximum atomic E-state index is 14.0. The second-order valence-electron chi connectivity index (χ2n) is 8.17. The van der Waals surface area contributed by atoms with Gasteiger partial charge in [-0.1, -0.05) is 6.08 Å². The second kappa shape index (κ2) is 10.4. The Morgan fingerprint density at radius 3 is 2.61 bits per heavy atom. The molecule has 0 bridgehead atoms. The van der Waals surface area contributed by atoms with Gasteiger partial charge in [0.25, 0.3) is 5.91 Å². The number of nitrogens with one attached hydrogen (secondary N) is 2. The van der Waals surface area contributed by atoms with Crippen LogP contribution in [0.1, 0.15) is 23.0 Å². The monoisotopic (exact) mass is 511 g/mol. The highest BCUT2D eigenvalue weighted by Gasteiger charge is 2.32. The number of alkyl halides is 2. The van der Waals surface area contributed by atoms with Crippen LogP contribution in [-0.2, 0) is 0 Å². The molecule has 0 saturated carbocycles. The van der Waals surface area contributed by atoms with Crippen molar-refractivity contribution in [2.24, 2.45) is 0 Å². The number of H-pyrrole nitrogens is 1. The Hall–Kier alpha value is -3.91. The minimum atomic E-state index is -2.48. The number of allylic oxidation sites excluding steroid dienone is 1. The third-order valence-electron chi connectivity index (χ3n) is 5.51. The van der Waals surface area contributed by atoms with E-state index in [1.165, 1.54) is 36.5 Å². The fraction of sp³-hybridized carbons (Fsp3) is 0.240. The van der Waals surface area contributed by atoms with E-state index in [0.29, 0.717) is 28.5 Å². The summed E-state index contributed by atoms with van der Waals surface area (Å²) in [6, 6.07) is 12.9. The van der Waals surface area contributed by atoms with Crippen molar-refractivity contribution in [3.05, 3.63) is 72.1 Å². The van der Waals surface area contributed by atoms with Crippen LogP contribution in [0.4, 0.5) is 15.9 Å². The number of nitrogens with zero attached hydrogens (tertiary/aromatic N) is 3. The number of benzene rings is 1. The van der Waals surface area contributed by atoms with E-state index >= 15 is 0 Å². The molecule has 0 spiro atoms. The Bertz CT molecular complexity index is 1310. The van der Waals surface area contributed by atoms with Crippen LogP contribution in [0.3, 0.4) is 0 Å². The van der Waals surface area contributed by atoms with Gasteiger partial charge in [-0.25, -0.2) is 4.98 Å². The van der Waals surface area contributed by atoms with Crippen LogP contribution in [0, 0.1) is 11.3 Å². The van der Waals surface area contributed by atoms with Crippen LogP contribution < -0.4 is 15.0 Å². The first-order valence-electron chi connectivity index (χ1n) is 11.0. The van der Waals surface area contributed by atoms with Crippen molar-refractivity contribution in [1.82, 2.24) is 9.97 Å². The van der Waals surface area contributed by atoms with Gasteiger partial charge in [-0.15, -0.1) is 0 Å². The molecule has 4 N–H and O–H groups in total. The lowest BCUT2D eigenvalue weighted by Gasteiger charge is -2.20. The molecule has 2 aromatic heterocycles. The molecule has 1 amide bonds. The van der Waals surface area contributed by atoms with Crippen molar-refractivity contribution in [2.75, 3.05) is 23.3 Å². The van der Waals surface area contributed by atoms with Gasteiger partial charge >= 0.3 is 5.31 Å². The molecular formula is C25H23ClFN5O4. The molecule has 1 saturated heterocycles. The Morgan fingerprint density at radius 2 is 2.00 bits per heavy atom. The molecule has 1 aromatic carbocycles. The van der Waals surface area contributed by atoms with Gasteiger partial charge < -0.3 is 30.2 Å². The van der Waals surface area contributed by atoms with E-state index in [-0.39, 0.29) is 24.4 Å². The molecule has 1 unspecified atom stereocenters. The fourth-order valence-electron chi connectivity index (χ4n) is 3.79. The van der Waals surface area contributed by atoms with E-state index in [9.17, 15) is 24.7 Å². The average Bonchev–Trinajstić information content (AvgIpc) is 3.46. The SMILES string of the molecule is C/C=C/C(F)(Cl)Oc1ccc(NC(=O)c2cnc(N3C[C@H](O)[C@@H](O)C3)c(-c3ccc(C#N)[nH]3)c2)cc1. The van der Waals surface area contributed by atoms with Gasteiger partial charge in [0.2, 0.25) is 0 Å². The molecule has 0 radical (unpaired) electrons. The highest BCUT2D eigenvalue weighted by molar-refractivity contribution is 6.23. The predicted molar refractivity (Wildman–Crippen MR) is 132 cm³/mol. The van der Waals surface area contributed by atoms with E-state index in [1.807, 2.05) is 6.07 Å². The van der Waals surface area contributed by atoms with Gasteiger partial charge in [0.1, 0.15) is 23.3 Å². The first-order valence-corrected chi connectivity index (χ1v) is 11.4. The molecule has 1 aliphatic rings. The summed E-state index contributed by atoms with van der Waals surface area (Å²) in [7, 11) is 0. The molecule has 1 aliphatic heterocycles. The van der Waals surface area contributed by atoms with Crippen LogP contribution in [-0.4, -0.2) is 56.7 Å². The number of aliphatic hydroxyl groups excluding tert-OH is 2. The summed E-state index contributed by atoms with van der Waals surface area (Å²) < 4.78 is 19.1. The zero-order valence-corrected chi connectivity index (χ0v) is 19.9. The molecule has 3 aromatic rings. The summed E-state index contributed by atoms with van der Waals surface area (Å²) in [5.41, 5.74) is 2.08. The highest BCUT2D eigenvalue weighted by atomic mass is 35.5. The van der Waals surface area contributed by atoms with Gasteiger partial charge in [-0.3, -0.25) is 4.79 Å². The molecule has 9 nitrogen and oxygen atoms in total. The van der Waals surface area contributed by atoms with Gasteiger partial charge in [-0.05, 0) is 61.0 Å². The Balaban J connectivity index is 1.57. The summed E-state index contributed by atoms with van der Waals surface area (Å²) in [5.74, 6) is 0.169. The molecule has 1 fully saturated rings. The van der Waals surface area contributed by atoms with E-state index in [0.717, 1.165) is 6.08 Å². The van der Waals surface area contributed by atoms with Crippen molar-refractivity contribution in [1.29, 1.82) is 5.26 Å². The summed E-state index contributed by atoms with van der Waals surface area (Å²) in [4.78, 5) is 22.1. The number of hydrogen-bond acceptors (Lipinski definition) is 7. The van der Waals surface area contributed by atoms with E-state index < -0.39 is 23.4 Å². The minimum absolute atomic E-state index is 0.170. The summed E-state index contributed by atoms with van der Waals surface area (Å²) in [5, 5.41) is 29.4. The third kappa shape index (κ3) is 5.66. The first-order chi connectivity index (χ1) is 17.2. The number of β-amino-alcohol motifs (C(OH)–C–C–N with tert-alkyl or cyclic N) is 2. The average molecular weight is 512 g/mol. The van der Waals surface area contributed by atoms with E-state index in [1.54, 1.807) is 30.0 Å². The molecule has 0 aliphatic carbocycles. The van der Waals surface area contributed by atoms with Crippen LogP contribution in [0.5, 0.6) is 5.75 Å². The number of aromatic amines is 1. The number of halogens is 2. The van der Waals surface area contributed by atoms with Crippen LogP contribution >= 0.6 is 11.6 Å². The van der Waals surface area contributed by atoms with Crippen molar-refractivity contribution < 1.29 is 24.1 Å². The molecule has 3 heterocycles. The zero-order valence-electron chi connectivity index (χ0n) is 19.2. The highest BCUT2D eigenvalue weighted by Crippen LogP contribution is 2.32. The predicted octanol–water partition coefficient (Wildman–Crippen LogP) is 3.56. The topological polar surface area (TPSA) is 134 Å². The Labute approximate surface area is 211 Å². The normalized spacial score (nSPS) is 19.2. The molecule has 4 rings (SSSR count). The quantitative estimate of drug-likeness (QED) is 0.281. The van der Waals surface area contributed by atoms with Crippen molar-refractivity contribution >= 4 is 29.0 Å². The zero-order chi connectivity index (χ0) is 25.9. The number of hydrogen-bond donors (Lipinski definition) is 4. The Kier molecular flexibility index (Phi) is 7.26. The molecule has 186 valence electrons. The Morgan fingerprint density at radius 1 is 1.31 bits per heavy atom. The number of aromatic nitrogens is 2. The number of aliphatic hydroxyl groups is 2. The molecule has 11 heteroatoms. The lowest BCUT2D eigenvalue weighted by molar-refractivity contribution is 0.0572. The van der Waals surface area contributed by atoms with E-state index in [4.69, 9.17) is 16.3 Å². The molecule has 36 heavy (non-hydrogen) atoms. The van der Waals surface area contributed by atoms with Crippen molar-refractivity contribution in [3.63, 3.8) is 0 Å². The number of carbonyl (C=O) groups excluding carboxylic acids is 1. The van der Waals surface area contributed by atoms with E-state index in [2.05, 4.69) is 15.3 Å². The number of nitriles is 1. The summed E-state index contributed by atoms with van der Waals surface area (Å²) in [6.45, 7) is 1.95. The second-order valence-corrected chi connectivity index (χ2v) is 8.69. The van der Waals surface area contributed by atoms with Crippen molar-refractivity contribution in [3.8, 4) is 23.1 Å².